The molecule has 108 valence electrons. The van der Waals surface area contributed by atoms with Crippen molar-refractivity contribution in [1.82, 2.24) is 9.80 Å². The molecule has 19 heavy (non-hydrogen) atoms. The fraction of sp³-hybridized carbons (Fsp3) is 0.846. The molecule has 3 unspecified atom stereocenters. The molecule has 3 atom stereocenters. The van der Waals surface area contributed by atoms with Crippen LogP contribution in [0.5, 0.6) is 0 Å². The summed E-state index contributed by atoms with van der Waals surface area (Å²) < 4.78 is 0. The molecule has 2 amide bonds. The molecular weight excluding hydrogens is 248 g/mol. The molecule has 0 aromatic heterocycles. The highest BCUT2D eigenvalue weighted by Gasteiger charge is 2.34. The Morgan fingerprint density at radius 2 is 1.84 bits per heavy atom. The summed E-state index contributed by atoms with van der Waals surface area (Å²) in [5, 5.41) is 18.3. The highest BCUT2D eigenvalue weighted by molar-refractivity contribution is 5.75. The number of aliphatic hydroxyl groups excluding tert-OH is 1. The van der Waals surface area contributed by atoms with E-state index in [0.29, 0.717) is 26.2 Å². The van der Waals surface area contributed by atoms with Gasteiger partial charge in [-0.15, -0.1) is 0 Å². The Hall–Kier alpha value is -1.30. The molecule has 0 saturated carbocycles. The van der Waals surface area contributed by atoms with E-state index in [4.69, 9.17) is 5.11 Å². The van der Waals surface area contributed by atoms with E-state index in [1.165, 1.54) is 0 Å². The number of amides is 2. The highest BCUT2D eigenvalue weighted by atomic mass is 16.4. The molecule has 6 heteroatoms. The van der Waals surface area contributed by atoms with Gasteiger partial charge in [-0.05, 0) is 25.7 Å². The molecule has 0 spiro atoms. The maximum atomic E-state index is 12.3. The van der Waals surface area contributed by atoms with Gasteiger partial charge < -0.3 is 20.0 Å². The lowest BCUT2D eigenvalue weighted by Gasteiger charge is -2.24. The lowest BCUT2D eigenvalue weighted by atomic mass is 10.0. The maximum Gasteiger partial charge on any atom is 0.320 e. The molecule has 2 aliphatic heterocycles. The van der Waals surface area contributed by atoms with Gasteiger partial charge in [-0.1, -0.05) is 0 Å². The average molecular weight is 270 g/mol. The van der Waals surface area contributed by atoms with Gasteiger partial charge in [-0.3, -0.25) is 4.79 Å². The number of rotatable bonds is 3. The summed E-state index contributed by atoms with van der Waals surface area (Å²) in [5.41, 5.74) is 0. The fourth-order valence-corrected chi connectivity index (χ4v) is 2.97. The topological polar surface area (TPSA) is 81.1 Å². The van der Waals surface area contributed by atoms with Gasteiger partial charge in [-0.25, -0.2) is 4.79 Å². The normalized spacial score (nSPS) is 28.7. The van der Waals surface area contributed by atoms with Crippen molar-refractivity contribution >= 4 is 12.0 Å². The minimum atomic E-state index is -0.797. The van der Waals surface area contributed by atoms with E-state index in [-0.39, 0.29) is 30.4 Å². The standard InChI is InChI=1S/C13H22N2O4/c1-9(16)11-3-5-15(8-11)13(19)14-4-2-10(7-14)6-12(17)18/h9-11,16H,2-8H2,1H3,(H,17,18). The third-order valence-corrected chi connectivity index (χ3v) is 4.20. The van der Waals surface area contributed by atoms with Crippen LogP contribution in [0.4, 0.5) is 4.79 Å². The second kappa shape index (κ2) is 5.77. The van der Waals surface area contributed by atoms with Crippen molar-refractivity contribution in [2.45, 2.75) is 32.3 Å². The summed E-state index contributed by atoms with van der Waals surface area (Å²) >= 11 is 0. The number of likely N-dealkylation sites (tertiary alicyclic amines) is 2. The monoisotopic (exact) mass is 270 g/mol. The molecule has 2 heterocycles. The van der Waals surface area contributed by atoms with Crippen molar-refractivity contribution in [3.63, 3.8) is 0 Å². The van der Waals surface area contributed by atoms with E-state index in [0.717, 1.165) is 12.8 Å². The molecule has 0 aromatic rings. The third-order valence-electron chi connectivity index (χ3n) is 4.20. The first-order valence-corrected chi connectivity index (χ1v) is 6.91. The van der Waals surface area contributed by atoms with Crippen molar-refractivity contribution in [3.8, 4) is 0 Å². The van der Waals surface area contributed by atoms with Crippen LogP contribution in [0.1, 0.15) is 26.2 Å². The maximum absolute atomic E-state index is 12.3. The van der Waals surface area contributed by atoms with Crippen molar-refractivity contribution in [2.75, 3.05) is 26.2 Å². The lowest BCUT2D eigenvalue weighted by Crippen LogP contribution is -2.41. The van der Waals surface area contributed by atoms with Gasteiger partial charge in [0.15, 0.2) is 0 Å². The smallest absolute Gasteiger partial charge is 0.320 e. The molecule has 6 nitrogen and oxygen atoms in total. The van der Waals surface area contributed by atoms with Crippen LogP contribution in [-0.2, 0) is 4.79 Å². The summed E-state index contributed by atoms with van der Waals surface area (Å²) in [5.74, 6) is -0.548. The average Bonchev–Trinajstić information content (AvgIpc) is 2.95. The minimum Gasteiger partial charge on any atom is -0.481 e. The molecule has 0 aliphatic carbocycles. The Labute approximate surface area is 113 Å². The van der Waals surface area contributed by atoms with Gasteiger partial charge in [0.2, 0.25) is 0 Å². The molecule has 2 saturated heterocycles. The number of aliphatic carboxylic acids is 1. The van der Waals surface area contributed by atoms with Crippen LogP contribution in [0, 0.1) is 11.8 Å². The second-order valence-electron chi connectivity index (χ2n) is 5.72. The van der Waals surface area contributed by atoms with Crippen LogP contribution in [0.2, 0.25) is 0 Å². The van der Waals surface area contributed by atoms with Crippen LogP contribution >= 0.6 is 0 Å². The van der Waals surface area contributed by atoms with E-state index in [1.807, 2.05) is 0 Å². The number of nitrogens with zero attached hydrogens (tertiary/aromatic N) is 2. The number of carboxylic acids is 1. The van der Waals surface area contributed by atoms with E-state index in [1.54, 1.807) is 16.7 Å². The number of carbonyl (C=O) groups is 2. The summed E-state index contributed by atoms with van der Waals surface area (Å²) in [6.45, 7) is 4.25. The first-order valence-electron chi connectivity index (χ1n) is 6.91. The Balaban J connectivity index is 1.83. The molecule has 2 rings (SSSR count). The van der Waals surface area contributed by atoms with E-state index in [2.05, 4.69) is 0 Å². The van der Waals surface area contributed by atoms with Crippen molar-refractivity contribution in [1.29, 1.82) is 0 Å². The Bertz CT molecular complexity index is 359. The Kier molecular flexibility index (Phi) is 4.29. The lowest BCUT2D eigenvalue weighted by molar-refractivity contribution is -0.138. The molecule has 0 radical (unpaired) electrons. The van der Waals surface area contributed by atoms with Crippen molar-refractivity contribution in [3.05, 3.63) is 0 Å². The molecule has 2 fully saturated rings. The minimum absolute atomic E-state index is 0.00367. The number of hydrogen-bond acceptors (Lipinski definition) is 3. The Morgan fingerprint density at radius 1 is 1.21 bits per heavy atom. The van der Waals surface area contributed by atoms with Crippen LogP contribution in [0.15, 0.2) is 0 Å². The zero-order valence-electron chi connectivity index (χ0n) is 11.3. The summed E-state index contributed by atoms with van der Waals surface area (Å²) in [7, 11) is 0. The number of hydrogen-bond donors (Lipinski definition) is 2. The van der Waals surface area contributed by atoms with Gasteiger partial charge >= 0.3 is 12.0 Å². The quantitative estimate of drug-likeness (QED) is 0.787. The number of carboxylic acid groups (broad SMARTS) is 1. The van der Waals surface area contributed by atoms with Crippen molar-refractivity contribution < 1.29 is 19.8 Å². The zero-order valence-corrected chi connectivity index (χ0v) is 11.3. The van der Waals surface area contributed by atoms with Crippen LogP contribution in [0.3, 0.4) is 0 Å². The number of carbonyl (C=O) groups excluding carboxylic acids is 1. The second-order valence-corrected chi connectivity index (χ2v) is 5.72. The van der Waals surface area contributed by atoms with Crippen molar-refractivity contribution in [2.24, 2.45) is 11.8 Å². The fourth-order valence-electron chi connectivity index (χ4n) is 2.97. The van der Waals surface area contributed by atoms with Gasteiger partial charge in [0.1, 0.15) is 0 Å². The Morgan fingerprint density at radius 3 is 2.42 bits per heavy atom. The SMILES string of the molecule is CC(O)C1CCN(C(=O)N2CCC(CC(=O)O)C2)C1. The largest absolute Gasteiger partial charge is 0.481 e. The van der Waals surface area contributed by atoms with Gasteiger partial charge in [0.25, 0.3) is 0 Å². The highest BCUT2D eigenvalue weighted by Crippen LogP contribution is 2.25. The van der Waals surface area contributed by atoms with Gasteiger partial charge in [-0.2, -0.15) is 0 Å². The first-order chi connectivity index (χ1) is 8.97. The van der Waals surface area contributed by atoms with Gasteiger partial charge in [0, 0.05) is 38.5 Å². The molecule has 0 bridgehead atoms. The molecule has 0 aromatic carbocycles. The summed E-state index contributed by atoms with van der Waals surface area (Å²) in [6, 6.07) is -0.00367. The van der Waals surface area contributed by atoms with Crippen LogP contribution in [0.25, 0.3) is 0 Å². The molecule has 2 N–H and O–H groups in total. The van der Waals surface area contributed by atoms with Crippen LogP contribution in [-0.4, -0.2) is 64.3 Å². The zero-order chi connectivity index (χ0) is 14.0. The predicted molar refractivity (Wildman–Crippen MR) is 68.7 cm³/mol. The van der Waals surface area contributed by atoms with E-state index < -0.39 is 5.97 Å². The third kappa shape index (κ3) is 3.37. The number of aliphatic hydroxyl groups is 1. The van der Waals surface area contributed by atoms with Gasteiger partial charge in [0.05, 0.1) is 6.10 Å². The van der Waals surface area contributed by atoms with E-state index >= 15 is 0 Å². The van der Waals surface area contributed by atoms with E-state index in [9.17, 15) is 14.7 Å². The molecular formula is C13H22N2O4. The summed E-state index contributed by atoms with van der Waals surface area (Å²) in [6.07, 6.45) is 1.37. The predicted octanol–water partition coefficient (Wildman–Crippen LogP) is 0.606. The van der Waals surface area contributed by atoms with Crippen LogP contribution < -0.4 is 0 Å². The summed E-state index contributed by atoms with van der Waals surface area (Å²) in [4.78, 5) is 26.5. The molecule has 2 aliphatic rings. The number of urea groups is 1. The first kappa shape index (κ1) is 14.1.